The van der Waals surface area contributed by atoms with Gasteiger partial charge in [0.2, 0.25) is 0 Å². The maximum absolute atomic E-state index is 8.58. The molecular formula is C13H20ClNO2. The van der Waals surface area contributed by atoms with Crippen LogP contribution in [-0.2, 0) is 0 Å². The minimum absolute atomic E-state index is 0.177. The summed E-state index contributed by atoms with van der Waals surface area (Å²) in [5.74, 6) is 0.867. The first-order valence-corrected chi connectivity index (χ1v) is 6.24. The molecule has 0 saturated carbocycles. The Kier molecular flexibility index (Phi) is 6.34. The quantitative estimate of drug-likeness (QED) is 0.737. The molecule has 0 fully saturated rings. The molecule has 2 N–H and O–H groups in total. The number of ether oxygens (including phenoxy) is 1. The van der Waals surface area contributed by atoms with Crippen molar-refractivity contribution in [3.05, 3.63) is 28.3 Å². The van der Waals surface area contributed by atoms with E-state index in [2.05, 4.69) is 5.32 Å². The van der Waals surface area contributed by atoms with E-state index in [1.54, 1.807) is 0 Å². The molecule has 0 amide bonds. The van der Waals surface area contributed by atoms with Crippen molar-refractivity contribution in [1.82, 2.24) is 5.32 Å². The summed E-state index contributed by atoms with van der Waals surface area (Å²) in [5, 5.41) is 12.5. The Labute approximate surface area is 108 Å². The van der Waals surface area contributed by atoms with E-state index in [1.165, 1.54) is 0 Å². The number of hydrogen-bond acceptors (Lipinski definition) is 3. The van der Waals surface area contributed by atoms with E-state index in [1.807, 2.05) is 26.0 Å². The van der Waals surface area contributed by atoms with Gasteiger partial charge in [0.25, 0.3) is 0 Å². The SMILES string of the molecule is Cc1cc(OCCCNCCO)cc(C)c1Cl. The van der Waals surface area contributed by atoms with Gasteiger partial charge in [0, 0.05) is 11.6 Å². The molecule has 1 rings (SSSR count). The maximum Gasteiger partial charge on any atom is 0.119 e. The van der Waals surface area contributed by atoms with Gasteiger partial charge in [-0.15, -0.1) is 0 Å². The van der Waals surface area contributed by atoms with E-state index in [-0.39, 0.29) is 6.61 Å². The fraction of sp³-hybridized carbons (Fsp3) is 0.538. The van der Waals surface area contributed by atoms with Crippen LogP contribution in [0.3, 0.4) is 0 Å². The van der Waals surface area contributed by atoms with Gasteiger partial charge in [0.1, 0.15) is 5.75 Å². The van der Waals surface area contributed by atoms with Gasteiger partial charge in [-0.05, 0) is 50.1 Å². The third-order valence-corrected chi connectivity index (χ3v) is 3.06. The van der Waals surface area contributed by atoms with Crippen LogP contribution >= 0.6 is 11.6 Å². The number of rotatable bonds is 7. The predicted molar refractivity (Wildman–Crippen MR) is 71.0 cm³/mol. The molecule has 0 aromatic heterocycles. The van der Waals surface area contributed by atoms with Crippen LogP contribution in [0, 0.1) is 13.8 Å². The number of benzene rings is 1. The van der Waals surface area contributed by atoms with E-state index >= 15 is 0 Å². The van der Waals surface area contributed by atoms with Crippen LogP contribution in [0.15, 0.2) is 12.1 Å². The largest absolute Gasteiger partial charge is 0.494 e. The molecule has 0 atom stereocenters. The van der Waals surface area contributed by atoms with E-state index in [0.717, 1.165) is 34.9 Å². The Balaban J connectivity index is 2.32. The number of nitrogens with one attached hydrogen (secondary N) is 1. The van der Waals surface area contributed by atoms with Crippen molar-refractivity contribution in [2.75, 3.05) is 26.3 Å². The zero-order valence-electron chi connectivity index (χ0n) is 10.4. The fourth-order valence-electron chi connectivity index (χ4n) is 1.58. The van der Waals surface area contributed by atoms with Gasteiger partial charge in [-0.2, -0.15) is 0 Å². The van der Waals surface area contributed by atoms with Crippen LogP contribution in [0.4, 0.5) is 0 Å². The Morgan fingerprint density at radius 3 is 2.47 bits per heavy atom. The third kappa shape index (κ3) is 4.94. The summed E-state index contributed by atoms with van der Waals surface area (Å²) in [6.45, 7) is 6.29. The molecule has 0 aliphatic rings. The minimum atomic E-state index is 0.177. The first-order valence-electron chi connectivity index (χ1n) is 5.86. The average molecular weight is 258 g/mol. The number of aliphatic hydroxyl groups is 1. The van der Waals surface area contributed by atoms with Gasteiger partial charge in [-0.1, -0.05) is 11.6 Å². The average Bonchev–Trinajstić information content (AvgIpc) is 2.30. The highest BCUT2D eigenvalue weighted by Crippen LogP contribution is 2.25. The van der Waals surface area contributed by atoms with E-state index < -0.39 is 0 Å². The van der Waals surface area contributed by atoms with Gasteiger partial charge in [-0.3, -0.25) is 0 Å². The van der Waals surface area contributed by atoms with Gasteiger partial charge < -0.3 is 15.2 Å². The summed E-state index contributed by atoms with van der Waals surface area (Å²) in [5.41, 5.74) is 2.08. The minimum Gasteiger partial charge on any atom is -0.494 e. The van der Waals surface area contributed by atoms with Crippen molar-refractivity contribution in [3.8, 4) is 5.75 Å². The predicted octanol–water partition coefficient (Wildman–Crippen LogP) is 2.31. The lowest BCUT2D eigenvalue weighted by molar-refractivity contribution is 0.282. The summed E-state index contributed by atoms with van der Waals surface area (Å²) >= 11 is 6.08. The molecule has 96 valence electrons. The van der Waals surface area contributed by atoms with Crippen LogP contribution in [0.2, 0.25) is 5.02 Å². The van der Waals surface area contributed by atoms with Gasteiger partial charge >= 0.3 is 0 Å². The van der Waals surface area contributed by atoms with Crippen molar-refractivity contribution in [1.29, 1.82) is 0 Å². The number of aliphatic hydroxyl groups excluding tert-OH is 1. The summed E-state index contributed by atoms with van der Waals surface area (Å²) in [6.07, 6.45) is 0.917. The molecular weight excluding hydrogens is 238 g/mol. The van der Waals surface area contributed by atoms with Crippen LogP contribution in [0.25, 0.3) is 0 Å². The zero-order chi connectivity index (χ0) is 12.7. The molecule has 0 aliphatic carbocycles. The molecule has 1 aromatic rings. The molecule has 0 bridgehead atoms. The molecule has 0 unspecified atom stereocenters. The molecule has 0 heterocycles. The van der Waals surface area contributed by atoms with Crippen molar-refractivity contribution >= 4 is 11.6 Å². The summed E-state index contributed by atoms with van der Waals surface area (Å²) in [7, 11) is 0. The fourth-order valence-corrected chi connectivity index (χ4v) is 1.69. The van der Waals surface area contributed by atoms with Gasteiger partial charge in [0.15, 0.2) is 0 Å². The van der Waals surface area contributed by atoms with Crippen LogP contribution in [-0.4, -0.2) is 31.4 Å². The van der Waals surface area contributed by atoms with E-state index in [4.69, 9.17) is 21.4 Å². The zero-order valence-corrected chi connectivity index (χ0v) is 11.2. The molecule has 4 heteroatoms. The number of halogens is 1. The number of hydrogen-bond donors (Lipinski definition) is 2. The van der Waals surface area contributed by atoms with Crippen LogP contribution in [0.5, 0.6) is 5.75 Å². The molecule has 3 nitrogen and oxygen atoms in total. The molecule has 0 radical (unpaired) electrons. The smallest absolute Gasteiger partial charge is 0.119 e. The second-order valence-corrected chi connectivity index (χ2v) is 4.42. The van der Waals surface area contributed by atoms with Crippen molar-refractivity contribution < 1.29 is 9.84 Å². The highest BCUT2D eigenvalue weighted by Gasteiger charge is 2.03. The normalized spacial score (nSPS) is 10.6. The van der Waals surface area contributed by atoms with Crippen LogP contribution < -0.4 is 10.1 Å². The Bertz CT molecular complexity index is 332. The topological polar surface area (TPSA) is 41.5 Å². The lowest BCUT2D eigenvalue weighted by Crippen LogP contribution is -2.20. The third-order valence-electron chi connectivity index (χ3n) is 2.47. The highest BCUT2D eigenvalue weighted by molar-refractivity contribution is 6.32. The first kappa shape index (κ1) is 14.3. The molecule has 17 heavy (non-hydrogen) atoms. The Morgan fingerprint density at radius 2 is 1.88 bits per heavy atom. The maximum atomic E-state index is 8.58. The monoisotopic (exact) mass is 257 g/mol. The molecule has 0 aliphatic heterocycles. The van der Waals surface area contributed by atoms with E-state index in [0.29, 0.717) is 13.2 Å². The Hall–Kier alpha value is -0.770. The molecule has 0 saturated heterocycles. The Morgan fingerprint density at radius 1 is 1.24 bits per heavy atom. The standard InChI is InChI=1S/C13H20ClNO2/c1-10-8-12(9-11(2)13(10)14)17-7-3-4-15-5-6-16/h8-9,15-16H,3-7H2,1-2H3. The summed E-state index contributed by atoms with van der Waals surface area (Å²) in [6, 6.07) is 3.91. The van der Waals surface area contributed by atoms with Crippen molar-refractivity contribution in [2.45, 2.75) is 20.3 Å². The second kappa shape index (κ2) is 7.54. The van der Waals surface area contributed by atoms with E-state index in [9.17, 15) is 0 Å². The molecule has 0 spiro atoms. The molecule has 1 aromatic carbocycles. The lowest BCUT2D eigenvalue weighted by atomic mass is 10.1. The van der Waals surface area contributed by atoms with Gasteiger partial charge in [-0.25, -0.2) is 0 Å². The second-order valence-electron chi connectivity index (χ2n) is 4.05. The summed E-state index contributed by atoms with van der Waals surface area (Å²) in [4.78, 5) is 0. The first-order chi connectivity index (χ1) is 8.15. The van der Waals surface area contributed by atoms with Crippen molar-refractivity contribution in [2.24, 2.45) is 0 Å². The van der Waals surface area contributed by atoms with Crippen molar-refractivity contribution in [3.63, 3.8) is 0 Å². The van der Waals surface area contributed by atoms with Gasteiger partial charge in [0.05, 0.1) is 13.2 Å². The van der Waals surface area contributed by atoms with Crippen LogP contribution in [0.1, 0.15) is 17.5 Å². The highest BCUT2D eigenvalue weighted by atomic mass is 35.5. The lowest BCUT2D eigenvalue weighted by Gasteiger charge is -2.10. The number of aryl methyl sites for hydroxylation is 2. The summed E-state index contributed by atoms with van der Waals surface area (Å²) < 4.78 is 5.64.